The Bertz CT molecular complexity index is 601. The van der Waals surface area contributed by atoms with Crippen molar-refractivity contribution in [2.75, 3.05) is 26.2 Å². The van der Waals surface area contributed by atoms with E-state index >= 15 is 0 Å². The first-order valence-electron chi connectivity index (χ1n) is 8.83. The Morgan fingerprint density at radius 2 is 2.04 bits per heavy atom. The van der Waals surface area contributed by atoms with Crippen LogP contribution in [0.2, 0.25) is 5.02 Å². The number of carbonyl (C=O) groups is 1. The minimum atomic E-state index is -0.471. The Hall–Kier alpha value is -1.46. The monoisotopic (exact) mass is 368 g/mol. The van der Waals surface area contributed by atoms with E-state index in [0.29, 0.717) is 18.2 Å². The van der Waals surface area contributed by atoms with Gasteiger partial charge in [-0.05, 0) is 52.8 Å². The number of benzene rings is 1. The Morgan fingerprint density at radius 3 is 2.64 bits per heavy atom. The lowest BCUT2D eigenvalue weighted by molar-refractivity contribution is 0.000467. The zero-order valence-corrected chi connectivity index (χ0v) is 16.6. The molecule has 0 radical (unpaired) electrons. The molecule has 0 saturated carbocycles. The molecule has 0 unspecified atom stereocenters. The van der Waals surface area contributed by atoms with Crippen molar-refractivity contribution >= 4 is 17.7 Å². The van der Waals surface area contributed by atoms with Crippen LogP contribution in [0, 0.1) is 0 Å². The fraction of sp³-hybridized carbons (Fsp3) is 0.632. The van der Waals surface area contributed by atoms with Crippen LogP contribution in [0.15, 0.2) is 18.2 Å². The molecule has 1 aliphatic rings. The van der Waals surface area contributed by atoms with Gasteiger partial charge in [0.05, 0.1) is 6.61 Å². The lowest BCUT2D eigenvalue weighted by Crippen LogP contribution is -2.54. The average Bonchev–Trinajstić information content (AvgIpc) is 2.48. The van der Waals surface area contributed by atoms with Crippen molar-refractivity contribution in [3.05, 3.63) is 28.8 Å². The van der Waals surface area contributed by atoms with Crippen molar-refractivity contribution < 1.29 is 14.3 Å². The summed E-state index contributed by atoms with van der Waals surface area (Å²) in [5.41, 5.74) is 0.605. The summed E-state index contributed by atoms with van der Waals surface area (Å²) < 4.78 is 11.2. The van der Waals surface area contributed by atoms with Gasteiger partial charge in [-0.1, -0.05) is 11.6 Å². The van der Waals surface area contributed by atoms with Crippen LogP contribution in [-0.4, -0.2) is 53.8 Å². The number of rotatable bonds is 4. The molecule has 1 aromatic carbocycles. The van der Waals surface area contributed by atoms with Crippen LogP contribution in [0.4, 0.5) is 4.79 Å². The molecular weight excluding hydrogens is 340 g/mol. The average molecular weight is 369 g/mol. The van der Waals surface area contributed by atoms with Gasteiger partial charge in [0.25, 0.3) is 0 Å². The van der Waals surface area contributed by atoms with Gasteiger partial charge in [-0.3, -0.25) is 4.90 Å². The Kier molecular flexibility index (Phi) is 6.58. The molecule has 1 saturated heterocycles. The predicted octanol–water partition coefficient (Wildman–Crippen LogP) is 4.18. The highest BCUT2D eigenvalue weighted by Crippen LogP contribution is 2.26. The summed E-state index contributed by atoms with van der Waals surface area (Å²) in [6.07, 6.45) is -0.239. The normalized spacial score (nSPS) is 19.0. The molecule has 0 bridgehead atoms. The fourth-order valence-corrected chi connectivity index (χ4v) is 3.17. The van der Waals surface area contributed by atoms with Crippen molar-refractivity contribution in [2.45, 2.75) is 52.8 Å². The van der Waals surface area contributed by atoms with Crippen molar-refractivity contribution in [1.82, 2.24) is 9.80 Å². The smallest absolute Gasteiger partial charge is 0.410 e. The van der Waals surface area contributed by atoms with E-state index in [1.807, 2.05) is 50.8 Å². The molecule has 0 N–H and O–H groups in total. The molecule has 6 heteroatoms. The van der Waals surface area contributed by atoms with Crippen LogP contribution in [0.5, 0.6) is 5.75 Å². The largest absolute Gasteiger partial charge is 0.494 e. The highest BCUT2D eigenvalue weighted by Gasteiger charge is 2.31. The number of nitrogens with zero attached hydrogens (tertiary/aromatic N) is 2. The van der Waals surface area contributed by atoms with E-state index in [0.717, 1.165) is 30.9 Å². The van der Waals surface area contributed by atoms with Gasteiger partial charge in [0, 0.05) is 42.8 Å². The van der Waals surface area contributed by atoms with Crippen molar-refractivity contribution in [3.63, 3.8) is 0 Å². The standard InChI is InChI=1S/C19H29ClN2O3/c1-6-24-17-8-7-16(20)11-15(17)13-21-9-10-22(14(2)12-21)18(23)25-19(3,4)5/h7-8,11,14H,6,9-10,12-13H2,1-5H3/t14-/m0/s1. The molecule has 1 amide bonds. The second-order valence-electron chi connectivity index (χ2n) is 7.44. The van der Waals surface area contributed by atoms with Crippen LogP contribution in [0.1, 0.15) is 40.2 Å². The second kappa shape index (κ2) is 8.28. The minimum absolute atomic E-state index is 0.0957. The third kappa shape index (κ3) is 5.79. The van der Waals surface area contributed by atoms with Crippen LogP contribution >= 0.6 is 11.6 Å². The number of halogens is 1. The van der Waals surface area contributed by atoms with E-state index in [1.165, 1.54) is 0 Å². The Balaban J connectivity index is 1.99. The first-order valence-corrected chi connectivity index (χ1v) is 9.20. The summed E-state index contributed by atoms with van der Waals surface area (Å²) in [7, 11) is 0. The fourth-order valence-electron chi connectivity index (χ4n) is 2.98. The summed E-state index contributed by atoms with van der Waals surface area (Å²) in [4.78, 5) is 16.4. The molecule has 1 fully saturated rings. The predicted molar refractivity (Wildman–Crippen MR) is 100 cm³/mol. The van der Waals surface area contributed by atoms with Gasteiger partial charge in [-0.2, -0.15) is 0 Å². The van der Waals surface area contributed by atoms with Crippen LogP contribution < -0.4 is 4.74 Å². The summed E-state index contributed by atoms with van der Waals surface area (Å²) in [5, 5.41) is 0.707. The molecule has 1 aliphatic heterocycles. The molecule has 0 aromatic heterocycles. The van der Waals surface area contributed by atoms with Crippen molar-refractivity contribution in [2.24, 2.45) is 0 Å². The number of piperazine rings is 1. The third-order valence-corrected chi connectivity index (χ3v) is 4.29. The van der Waals surface area contributed by atoms with E-state index in [9.17, 15) is 4.79 Å². The minimum Gasteiger partial charge on any atom is -0.494 e. The molecule has 1 atom stereocenters. The maximum atomic E-state index is 12.3. The van der Waals surface area contributed by atoms with E-state index < -0.39 is 5.60 Å². The summed E-state index contributed by atoms with van der Waals surface area (Å²) >= 11 is 6.15. The zero-order chi connectivity index (χ0) is 18.6. The van der Waals surface area contributed by atoms with Gasteiger partial charge < -0.3 is 14.4 Å². The Labute approximate surface area is 155 Å². The van der Waals surface area contributed by atoms with Gasteiger partial charge in [-0.15, -0.1) is 0 Å². The first-order chi connectivity index (χ1) is 11.7. The number of hydrogen-bond donors (Lipinski definition) is 0. The zero-order valence-electron chi connectivity index (χ0n) is 15.8. The number of ether oxygens (including phenoxy) is 2. The van der Waals surface area contributed by atoms with E-state index in [2.05, 4.69) is 11.8 Å². The second-order valence-corrected chi connectivity index (χ2v) is 7.88. The molecule has 25 heavy (non-hydrogen) atoms. The summed E-state index contributed by atoms with van der Waals surface area (Å²) in [5.74, 6) is 0.870. The first kappa shape index (κ1) is 19.9. The highest BCUT2D eigenvalue weighted by molar-refractivity contribution is 6.30. The van der Waals surface area contributed by atoms with E-state index in [4.69, 9.17) is 21.1 Å². The van der Waals surface area contributed by atoms with Gasteiger partial charge >= 0.3 is 6.09 Å². The number of carbonyl (C=O) groups excluding carboxylic acids is 1. The highest BCUT2D eigenvalue weighted by atomic mass is 35.5. The van der Waals surface area contributed by atoms with Gasteiger partial charge in [0.1, 0.15) is 11.4 Å². The van der Waals surface area contributed by atoms with Crippen molar-refractivity contribution in [3.8, 4) is 5.75 Å². The number of amides is 1. The van der Waals surface area contributed by atoms with Gasteiger partial charge in [-0.25, -0.2) is 4.79 Å². The number of hydrogen-bond acceptors (Lipinski definition) is 4. The molecule has 0 spiro atoms. The molecule has 2 rings (SSSR count). The topological polar surface area (TPSA) is 42.0 Å². The maximum Gasteiger partial charge on any atom is 0.410 e. The van der Waals surface area contributed by atoms with Crippen molar-refractivity contribution in [1.29, 1.82) is 0 Å². The van der Waals surface area contributed by atoms with E-state index in [1.54, 1.807) is 0 Å². The quantitative estimate of drug-likeness (QED) is 0.799. The molecular formula is C19H29ClN2O3. The van der Waals surface area contributed by atoms with Crippen LogP contribution in [0.3, 0.4) is 0 Å². The van der Waals surface area contributed by atoms with Crippen LogP contribution in [0.25, 0.3) is 0 Å². The van der Waals surface area contributed by atoms with Gasteiger partial charge in [0.15, 0.2) is 0 Å². The molecule has 1 heterocycles. The maximum absolute atomic E-state index is 12.3. The SMILES string of the molecule is CCOc1ccc(Cl)cc1CN1CCN(C(=O)OC(C)(C)C)[C@@H](C)C1. The molecule has 0 aliphatic carbocycles. The van der Waals surface area contributed by atoms with Crippen LogP contribution in [-0.2, 0) is 11.3 Å². The summed E-state index contributed by atoms with van der Waals surface area (Å²) in [6, 6.07) is 5.82. The molecule has 1 aromatic rings. The molecule has 5 nitrogen and oxygen atoms in total. The van der Waals surface area contributed by atoms with E-state index in [-0.39, 0.29) is 12.1 Å². The van der Waals surface area contributed by atoms with Gasteiger partial charge in [0.2, 0.25) is 0 Å². The third-order valence-electron chi connectivity index (χ3n) is 4.06. The Morgan fingerprint density at radius 1 is 1.32 bits per heavy atom. The summed E-state index contributed by atoms with van der Waals surface area (Å²) in [6.45, 7) is 13.3. The molecule has 140 valence electrons. The lowest BCUT2D eigenvalue weighted by atomic mass is 10.1. The lowest BCUT2D eigenvalue weighted by Gasteiger charge is -2.40.